The van der Waals surface area contributed by atoms with E-state index in [0.717, 1.165) is 58.7 Å². The summed E-state index contributed by atoms with van der Waals surface area (Å²) in [4.78, 5) is 31.8. The summed E-state index contributed by atoms with van der Waals surface area (Å²) < 4.78 is 0. The molecule has 1 heterocycles. The van der Waals surface area contributed by atoms with E-state index in [1.807, 2.05) is 17.0 Å². The molecule has 3 rings (SSSR count). The van der Waals surface area contributed by atoms with Crippen LogP contribution in [0.15, 0.2) is 24.3 Å². The number of hydrogen-bond donors (Lipinski definition) is 1. The third-order valence-corrected chi connectivity index (χ3v) is 6.84. The minimum absolute atomic E-state index is 0.0159. The van der Waals surface area contributed by atoms with Crippen LogP contribution >= 0.6 is 0 Å². The Hall–Kier alpha value is -1.92. The first kappa shape index (κ1) is 23.7. The van der Waals surface area contributed by atoms with Gasteiger partial charge in [0, 0.05) is 63.3 Å². The Morgan fingerprint density at radius 3 is 2.29 bits per heavy atom. The van der Waals surface area contributed by atoms with E-state index in [4.69, 9.17) is 0 Å². The average Bonchev–Trinajstić information content (AvgIpc) is 3.32. The number of carbonyl (C=O) groups is 2. The molecule has 0 radical (unpaired) electrons. The Morgan fingerprint density at radius 1 is 1.06 bits per heavy atom. The van der Waals surface area contributed by atoms with Crippen LogP contribution in [0.1, 0.15) is 62.4 Å². The molecule has 1 aromatic carbocycles. The van der Waals surface area contributed by atoms with Crippen molar-refractivity contribution in [2.45, 2.75) is 59.0 Å². The number of piperazine rings is 1. The summed E-state index contributed by atoms with van der Waals surface area (Å²) in [6.45, 7) is 13.4. The number of nitrogens with one attached hydrogen (secondary N) is 1. The van der Waals surface area contributed by atoms with Crippen molar-refractivity contribution in [2.75, 3.05) is 45.8 Å². The van der Waals surface area contributed by atoms with Crippen LogP contribution < -0.4 is 5.32 Å². The minimum Gasteiger partial charge on any atom is -0.351 e. The van der Waals surface area contributed by atoms with Crippen LogP contribution in [0, 0.1) is 5.92 Å². The Balaban J connectivity index is 1.36. The molecule has 2 fully saturated rings. The lowest BCUT2D eigenvalue weighted by molar-refractivity contribution is -0.137. The first-order chi connectivity index (χ1) is 15.0. The summed E-state index contributed by atoms with van der Waals surface area (Å²) in [5.41, 5.74) is 1.94. The maximum absolute atomic E-state index is 12.5. The first-order valence-corrected chi connectivity index (χ1v) is 12.1. The second kappa shape index (κ2) is 11.6. The van der Waals surface area contributed by atoms with E-state index < -0.39 is 0 Å². The van der Waals surface area contributed by atoms with E-state index in [2.05, 4.69) is 48.0 Å². The highest BCUT2D eigenvalue weighted by molar-refractivity contribution is 5.94. The van der Waals surface area contributed by atoms with E-state index in [0.29, 0.717) is 24.1 Å². The predicted molar refractivity (Wildman–Crippen MR) is 125 cm³/mol. The summed E-state index contributed by atoms with van der Waals surface area (Å²) in [5, 5.41) is 3.04. The third-order valence-electron chi connectivity index (χ3n) is 6.84. The molecule has 31 heavy (non-hydrogen) atoms. The summed E-state index contributed by atoms with van der Waals surface area (Å²) in [6, 6.07) is 8.47. The summed E-state index contributed by atoms with van der Waals surface area (Å²) in [7, 11) is 0. The fraction of sp³-hybridized carbons (Fsp3) is 0.680. The standard InChI is InChI=1S/C25H40N4O2/c1-4-28(20(2)3)19-21-9-11-22(12-10-21)24(30)26-13-14-27-15-17-29(18-16-27)25(31)23-7-5-6-8-23/h9-12,20,23H,4-8,13-19H2,1-3H3,(H,26,30). The van der Waals surface area contributed by atoms with Gasteiger partial charge in [0.05, 0.1) is 0 Å². The molecule has 0 atom stereocenters. The van der Waals surface area contributed by atoms with Crippen LogP contribution in [0.25, 0.3) is 0 Å². The molecule has 6 heteroatoms. The van der Waals surface area contributed by atoms with Gasteiger partial charge in [-0.2, -0.15) is 0 Å². The Kier molecular flexibility index (Phi) is 8.90. The quantitative estimate of drug-likeness (QED) is 0.657. The zero-order valence-electron chi connectivity index (χ0n) is 19.6. The molecule has 6 nitrogen and oxygen atoms in total. The van der Waals surface area contributed by atoms with Gasteiger partial charge >= 0.3 is 0 Å². The smallest absolute Gasteiger partial charge is 0.251 e. The Labute approximate surface area is 188 Å². The largest absolute Gasteiger partial charge is 0.351 e. The van der Waals surface area contributed by atoms with Crippen molar-refractivity contribution in [1.29, 1.82) is 0 Å². The van der Waals surface area contributed by atoms with Crippen LogP contribution in [-0.2, 0) is 11.3 Å². The zero-order chi connectivity index (χ0) is 22.2. The molecular formula is C25H40N4O2. The van der Waals surface area contributed by atoms with Gasteiger partial charge < -0.3 is 10.2 Å². The number of carbonyl (C=O) groups excluding carboxylic acids is 2. The van der Waals surface area contributed by atoms with Crippen LogP contribution in [0.4, 0.5) is 0 Å². The highest BCUT2D eigenvalue weighted by Gasteiger charge is 2.29. The summed E-state index contributed by atoms with van der Waals surface area (Å²) in [6.07, 6.45) is 4.54. The molecule has 0 bridgehead atoms. The van der Waals surface area contributed by atoms with Crippen molar-refractivity contribution < 1.29 is 9.59 Å². The molecule has 0 spiro atoms. The fourth-order valence-electron chi connectivity index (χ4n) is 4.71. The lowest BCUT2D eigenvalue weighted by Crippen LogP contribution is -2.51. The number of amides is 2. The van der Waals surface area contributed by atoms with Gasteiger partial charge in [-0.3, -0.25) is 19.4 Å². The van der Waals surface area contributed by atoms with Crippen LogP contribution in [0.5, 0.6) is 0 Å². The molecule has 0 unspecified atom stereocenters. The molecule has 1 aliphatic carbocycles. The number of benzene rings is 1. The van der Waals surface area contributed by atoms with Gasteiger partial charge in [-0.05, 0) is 50.9 Å². The normalized spacial score (nSPS) is 18.2. The first-order valence-electron chi connectivity index (χ1n) is 12.1. The fourth-order valence-corrected chi connectivity index (χ4v) is 4.71. The van der Waals surface area contributed by atoms with Crippen molar-refractivity contribution >= 4 is 11.8 Å². The van der Waals surface area contributed by atoms with Crippen molar-refractivity contribution in [3.05, 3.63) is 35.4 Å². The Morgan fingerprint density at radius 2 is 1.71 bits per heavy atom. The van der Waals surface area contributed by atoms with Crippen molar-refractivity contribution in [3.63, 3.8) is 0 Å². The van der Waals surface area contributed by atoms with Crippen LogP contribution in [0.3, 0.4) is 0 Å². The van der Waals surface area contributed by atoms with Crippen molar-refractivity contribution in [3.8, 4) is 0 Å². The maximum atomic E-state index is 12.5. The summed E-state index contributed by atoms with van der Waals surface area (Å²) >= 11 is 0. The number of rotatable bonds is 9. The lowest BCUT2D eigenvalue weighted by atomic mass is 10.1. The maximum Gasteiger partial charge on any atom is 0.251 e. The van der Waals surface area contributed by atoms with E-state index in [1.54, 1.807) is 0 Å². The molecule has 1 saturated heterocycles. The second-order valence-electron chi connectivity index (χ2n) is 9.26. The highest BCUT2D eigenvalue weighted by Crippen LogP contribution is 2.26. The van der Waals surface area contributed by atoms with Gasteiger partial charge in [0.1, 0.15) is 0 Å². The molecule has 1 aliphatic heterocycles. The van der Waals surface area contributed by atoms with Crippen LogP contribution in [0.2, 0.25) is 0 Å². The number of hydrogen-bond acceptors (Lipinski definition) is 4. The molecule has 1 saturated carbocycles. The average molecular weight is 429 g/mol. The van der Waals surface area contributed by atoms with Crippen LogP contribution in [-0.4, -0.2) is 78.4 Å². The molecule has 2 aliphatic rings. The topological polar surface area (TPSA) is 55.9 Å². The third kappa shape index (κ3) is 6.78. The molecule has 1 N–H and O–H groups in total. The monoisotopic (exact) mass is 428 g/mol. The second-order valence-corrected chi connectivity index (χ2v) is 9.26. The number of nitrogens with zero attached hydrogens (tertiary/aromatic N) is 3. The van der Waals surface area contributed by atoms with E-state index in [1.165, 1.54) is 18.4 Å². The molecule has 2 amide bonds. The van der Waals surface area contributed by atoms with Gasteiger partial charge in [0.25, 0.3) is 5.91 Å². The minimum atomic E-state index is -0.0159. The van der Waals surface area contributed by atoms with Gasteiger partial charge in [0.2, 0.25) is 5.91 Å². The lowest BCUT2D eigenvalue weighted by Gasteiger charge is -2.36. The van der Waals surface area contributed by atoms with Crippen molar-refractivity contribution in [2.24, 2.45) is 5.92 Å². The molecule has 1 aromatic rings. The highest BCUT2D eigenvalue weighted by atomic mass is 16.2. The van der Waals surface area contributed by atoms with E-state index >= 15 is 0 Å². The van der Waals surface area contributed by atoms with Crippen molar-refractivity contribution in [1.82, 2.24) is 20.0 Å². The summed E-state index contributed by atoms with van der Waals surface area (Å²) in [5.74, 6) is 0.620. The van der Waals surface area contributed by atoms with E-state index in [9.17, 15) is 9.59 Å². The molecule has 172 valence electrons. The zero-order valence-corrected chi connectivity index (χ0v) is 19.6. The SMILES string of the molecule is CCN(Cc1ccc(C(=O)NCCN2CCN(C(=O)C3CCCC3)CC2)cc1)C(C)C. The molecular weight excluding hydrogens is 388 g/mol. The van der Waals surface area contributed by atoms with Gasteiger partial charge in [-0.1, -0.05) is 31.9 Å². The van der Waals surface area contributed by atoms with Gasteiger partial charge in [-0.25, -0.2) is 0 Å². The predicted octanol–water partition coefficient (Wildman–Crippen LogP) is 2.98. The van der Waals surface area contributed by atoms with Gasteiger partial charge in [-0.15, -0.1) is 0 Å². The molecule has 0 aromatic heterocycles. The Bertz CT molecular complexity index is 705. The van der Waals surface area contributed by atoms with Gasteiger partial charge in [0.15, 0.2) is 0 Å². The van der Waals surface area contributed by atoms with E-state index in [-0.39, 0.29) is 11.8 Å².